The van der Waals surface area contributed by atoms with Gasteiger partial charge in [-0.3, -0.25) is 14.5 Å². The van der Waals surface area contributed by atoms with E-state index < -0.39 is 15.9 Å². The summed E-state index contributed by atoms with van der Waals surface area (Å²) < 4.78 is 33.3. The zero-order chi connectivity index (χ0) is 22.9. The molecule has 4 rings (SSSR count). The lowest BCUT2D eigenvalue weighted by molar-refractivity contribution is -0.123. The highest BCUT2D eigenvalue weighted by Gasteiger charge is 2.32. The highest BCUT2D eigenvalue weighted by Crippen LogP contribution is 2.35. The number of aryl methyl sites for hydroxylation is 1. The Kier molecular flexibility index (Phi) is 6.21. The molecule has 2 heterocycles. The van der Waals surface area contributed by atoms with Crippen molar-refractivity contribution in [3.8, 4) is 5.75 Å². The maximum absolute atomic E-state index is 13.2. The van der Waals surface area contributed by atoms with Crippen LogP contribution in [-0.2, 0) is 19.6 Å². The number of sulfonamides is 1. The number of hydrogen-bond donors (Lipinski definition) is 1. The fourth-order valence-electron chi connectivity index (χ4n) is 3.96. The van der Waals surface area contributed by atoms with Crippen molar-refractivity contribution in [2.24, 2.45) is 5.92 Å². The lowest BCUT2D eigenvalue weighted by atomic mass is 10.0. The maximum Gasteiger partial charge on any atom is 0.265 e. The molecule has 2 amide bonds. The summed E-state index contributed by atoms with van der Waals surface area (Å²) in [5.74, 6) is 0.0888. The molecule has 1 fully saturated rings. The lowest BCUT2D eigenvalue weighted by Gasteiger charge is -2.31. The smallest absolute Gasteiger partial charge is 0.265 e. The number of benzene rings is 2. The minimum Gasteiger partial charge on any atom is -0.482 e. The number of amides is 2. The maximum atomic E-state index is 13.2. The average molecular weight is 458 g/mol. The number of anilines is 2. The molecule has 2 aliphatic heterocycles. The van der Waals surface area contributed by atoms with Gasteiger partial charge in [-0.25, -0.2) is 8.42 Å². The molecule has 8 nitrogen and oxygen atoms in total. The van der Waals surface area contributed by atoms with E-state index in [4.69, 9.17) is 4.74 Å². The van der Waals surface area contributed by atoms with Gasteiger partial charge in [0.15, 0.2) is 6.61 Å². The number of fused-ring (bicyclic) bond motifs is 1. The molecule has 0 spiro atoms. The molecule has 170 valence electrons. The van der Waals surface area contributed by atoms with Crippen LogP contribution in [0.15, 0.2) is 47.4 Å². The number of piperidine rings is 1. The minimum atomic E-state index is -3.70. The first-order chi connectivity index (χ1) is 15.2. The van der Waals surface area contributed by atoms with Gasteiger partial charge < -0.3 is 10.1 Å². The zero-order valence-corrected chi connectivity index (χ0v) is 19.0. The van der Waals surface area contributed by atoms with Crippen molar-refractivity contribution < 1.29 is 22.7 Å². The molecular formula is C23H27N3O5S. The molecule has 0 saturated carbocycles. The van der Waals surface area contributed by atoms with E-state index in [-0.39, 0.29) is 29.6 Å². The van der Waals surface area contributed by atoms with Crippen LogP contribution in [0.5, 0.6) is 5.75 Å². The van der Waals surface area contributed by atoms with Crippen molar-refractivity contribution in [2.45, 2.75) is 31.6 Å². The van der Waals surface area contributed by atoms with Crippen LogP contribution in [0.2, 0.25) is 0 Å². The summed E-state index contributed by atoms with van der Waals surface area (Å²) in [6.07, 6.45) is 1.63. The van der Waals surface area contributed by atoms with Crippen LogP contribution < -0.4 is 15.0 Å². The highest BCUT2D eigenvalue weighted by atomic mass is 32.2. The van der Waals surface area contributed by atoms with E-state index in [1.165, 1.54) is 21.3 Å². The van der Waals surface area contributed by atoms with Crippen LogP contribution >= 0.6 is 0 Å². The summed E-state index contributed by atoms with van der Waals surface area (Å²) >= 11 is 0. The van der Waals surface area contributed by atoms with Gasteiger partial charge in [-0.05, 0) is 61.6 Å². The number of nitrogens with zero attached hydrogens (tertiary/aromatic N) is 2. The Labute approximate surface area is 188 Å². The van der Waals surface area contributed by atoms with Gasteiger partial charge in [0.1, 0.15) is 12.3 Å². The van der Waals surface area contributed by atoms with Gasteiger partial charge in [0, 0.05) is 18.8 Å². The predicted molar refractivity (Wildman–Crippen MR) is 121 cm³/mol. The van der Waals surface area contributed by atoms with Crippen LogP contribution in [0.1, 0.15) is 25.3 Å². The third-order valence-corrected chi connectivity index (χ3v) is 7.75. The standard InChI is InChI=1S/C23H27N3O5S/c1-16-8-10-25(11-9-16)32(29,30)19-6-7-21-20(13-19)26(23(28)15-31-21)14-22(27)24-18-5-3-4-17(2)12-18/h3-7,12-13,16H,8-11,14-15H2,1-2H3,(H,24,27). The molecule has 1 saturated heterocycles. The molecule has 0 unspecified atom stereocenters. The van der Waals surface area contributed by atoms with E-state index in [1.54, 1.807) is 12.1 Å². The fourth-order valence-corrected chi connectivity index (χ4v) is 5.45. The van der Waals surface area contributed by atoms with E-state index in [9.17, 15) is 18.0 Å². The second-order valence-electron chi connectivity index (χ2n) is 8.40. The second kappa shape index (κ2) is 8.91. The second-order valence-corrected chi connectivity index (χ2v) is 10.3. The summed E-state index contributed by atoms with van der Waals surface area (Å²) in [6.45, 7) is 4.53. The van der Waals surface area contributed by atoms with Crippen LogP contribution in [0, 0.1) is 12.8 Å². The Morgan fingerprint density at radius 2 is 1.91 bits per heavy atom. The molecule has 2 aromatic rings. The van der Waals surface area contributed by atoms with Crippen molar-refractivity contribution in [2.75, 3.05) is 36.5 Å². The lowest BCUT2D eigenvalue weighted by Crippen LogP contribution is -2.43. The SMILES string of the molecule is Cc1cccc(NC(=O)CN2C(=O)COc3ccc(S(=O)(=O)N4CCC(C)CC4)cc32)c1. The first-order valence-corrected chi connectivity index (χ1v) is 12.1. The van der Waals surface area contributed by atoms with E-state index in [2.05, 4.69) is 12.2 Å². The van der Waals surface area contributed by atoms with E-state index in [0.717, 1.165) is 18.4 Å². The van der Waals surface area contributed by atoms with Gasteiger partial charge >= 0.3 is 0 Å². The van der Waals surface area contributed by atoms with Gasteiger partial charge in [-0.1, -0.05) is 19.1 Å². The molecule has 0 radical (unpaired) electrons. The zero-order valence-electron chi connectivity index (χ0n) is 18.2. The van der Waals surface area contributed by atoms with Gasteiger partial charge in [0.2, 0.25) is 15.9 Å². The Hall–Kier alpha value is -2.91. The van der Waals surface area contributed by atoms with E-state index in [0.29, 0.717) is 30.4 Å². The molecule has 0 aromatic heterocycles. The van der Waals surface area contributed by atoms with E-state index in [1.807, 2.05) is 25.1 Å². The Morgan fingerprint density at radius 1 is 1.16 bits per heavy atom. The number of hydrogen-bond acceptors (Lipinski definition) is 5. The third kappa shape index (κ3) is 4.63. The van der Waals surface area contributed by atoms with Crippen molar-refractivity contribution in [1.29, 1.82) is 0 Å². The van der Waals surface area contributed by atoms with E-state index >= 15 is 0 Å². The van der Waals surface area contributed by atoms with Gasteiger partial charge in [-0.15, -0.1) is 0 Å². The topological polar surface area (TPSA) is 96.0 Å². The average Bonchev–Trinajstić information content (AvgIpc) is 2.75. The molecule has 9 heteroatoms. The van der Waals surface area contributed by atoms with Gasteiger partial charge in [-0.2, -0.15) is 4.31 Å². The number of nitrogens with one attached hydrogen (secondary N) is 1. The normalized spacial score (nSPS) is 17.6. The first kappa shape index (κ1) is 22.3. The summed E-state index contributed by atoms with van der Waals surface area (Å²) in [5, 5.41) is 2.78. The van der Waals surface area contributed by atoms with Crippen LogP contribution in [0.4, 0.5) is 11.4 Å². The van der Waals surface area contributed by atoms with Crippen LogP contribution in [0.25, 0.3) is 0 Å². The van der Waals surface area contributed by atoms with Crippen LogP contribution in [-0.4, -0.2) is 50.8 Å². The molecule has 0 bridgehead atoms. The molecular weight excluding hydrogens is 430 g/mol. The molecule has 1 N–H and O–H groups in total. The Balaban J connectivity index is 1.57. The van der Waals surface area contributed by atoms with Crippen molar-refractivity contribution >= 4 is 33.2 Å². The molecule has 2 aliphatic rings. The largest absolute Gasteiger partial charge is 0.482 e. The Morgan fingerprint density at radius 3 is 2.62 bits per heavy atom. The quantitative estimate of drug-likeness (QED) is 0.745. The highest BCUT2D eigenvalue weighted by molar-refractivity contribution is 7.89. The van der Waals surface area contributed by atoms with Crippen molar-refractivity contribution in [3.05, 3.63) is 48.0 Å². The predicted octanol–water partition coefficient (Wildman–Crippen LogP) is 2.78. The number of carbonyl (C=O) groups excluding carboxylic acids is 2. The van der Waals surface area contributed by atoms with Crippen molar-refractivity contribution in [1.82, 2.24) is 4.31 Å². The molecule has 0 atom stereocenters. The molecule has 0 aliphatic carbocycles. The minimum absolute atomic E-state index is 0.0909. The fraction of sp³-hybridized carbons (Fsp3) is 0.391. The summed E-state index contributed by atoms with van der Waals surface area (Å²) in [4.78, 5) is 26.6. The third-order valence-electron chi connectivity index (χ3n) is 5.86. The van der Waals surface area contributed by atoms with Crippen LogP contribution in [0.3, 0.4) is 0 Å². The molecule has 32 heavy (non-hydrogen) atoms. The first-order valence-electron chi connectivity index (χ1n) is 10.7. The monoisotopic (exact) mass is 457 g/mol. The number of ether oxygens (including phenoxy) is 1. The number of rotatable bonds is 5. The number of carbonyl (C=O) groups is 2. The summed E-state index contributed by atoms with van der Waals surface area (Å²) in [5.41, 5.74) is 1.91. The van der Waals surface area contributed by atoms with Crippen molar-refractivity contribution in [3.63, 3.8) is 0 Å². The summed E-state index contributed by atoms with van der Waals surface area (Å²) in [7, 11) is -3.70. The Bertz CT molecular complexity index is 1140. The summed E-state index contributed by atoms with van der Waals surface area (Å²) in [6, 6.07) is 11.8. The van der Waals surface area contributed by atoms with Gasteiger partial charge in [0.05, 0.1) is 10.6 Å². The molecule has 2 aromatic carbocycles. The van der Waals surface area contributed by atoms with Gasteiger partial charge in [0.25, 0.3) is 5.91 Å².